The molecule has 130 valence electrons. The first-order valence-electron chi connectivity index (χ1n) is 8.92. The van der Waals surface area contributed by atoms with Gasteiger partial charge in [0, 0.05) is 10.4 Å². The van der Waals surface area contributed by atoms with Gasteiger partial charge in [0.05, 0.1) is 18.7 Å². The summed E-state index contributed by atoms with van der Waals surface area (Å²) in [7, 11) is 1.78. The highest BCUT2D eigenvalue weighted by Crippen LogP contribution is 2.61. The lowest BCUT2D eigenvalue weighted by Gasteiger charge is -2.55. The smallest absolute Gasteiger partial charge is 0.138 e. The predicted molar refractivity (Wildman–Crippen MR) is 98.7 cm³/mol. The Morgan fingerprint density at radius 2 is 1.92 bits per heavy atom. The molecule has 0 N–H and O–H groups in total. The Hall–Kier alpha value is -0.860. The first-order valence-corrected chi connectivity index (χ1v) is 9.68. The highest BCUT2D eigenvalue weighted by Gasteiger charge is 2.53. The number of ether oxygens (including phenoxy) is 2. The Bertz CT molecular complexity index is 664. The largest absolute Gasteiger partial charge is 0.496 e. The zero-order chi connectivity index (χ0) is 16.9. The number of halogens is 2. The Kier molecular flexibility index (Phi) is 4.25. The maximum Gasteiger partial charge on any atom is 0.138 e. The van der Waals surface area contributed by atoms with E-state index in [4.69, 9.17) is 32.7 Å². The van der Waals surface area contributed by atoms with Crippen LogP contribution in [0.2, 0.25) is 5.02 Å². The second-order valence-electron chi connectivity index (χ2n) is 7.56. The van der Waals surface area contributed by atoms with Gasteiger partial charge in [0.2, 0.25) is 0 Å². The minimum Gasteiger partial charge on any atom is -0.496 e. The van der Waals surface area contributed by atoms with Gasteiger partial charge < -0.3 is 9.47 Å². The highest BCUT2D eigenvalue weighted by atomic mass is 35.5. The van der Waals surface area contributed by atoms with Gasteiger partial charge in [0.15, 0.2) is 0 Å². The van der Waals surface area contributed by atoms with Crippen LogP contribution < -0.4 is 4.74 Å². The van der Waals surface area contributed by atoms with Crippen LogP contribution in [0.5, 0.6) is 5.75 Å². The van der Waals surface area contributed by atoms with Gasteiger partial charge in [-0.15, -0.1) is 11.6 Å². The molecule has 1 aromatic carbocycles. The van der Waals surface area contributed by atoms with Crippen LogP contribution in [0, 0.1) is 17.8 Å². The van der Waals surface area contributed by atoms with Crippen molar-refractivity contribution in [2.75, 3.05) is 13.7 Å². The second-order valence-corrected chi connectivity index (χ2v) is 8.77. The average Bonchev–Trinajstić information content (AvgIpc) is 2.52. The molecule has 5 rings (SSSR count). The van der Waals surface area contributed by atoms with Crippen molar-refractivity contribution in [2.45, 2.75) is 43.9 Å². The number of alkyl halides is 1. The van der Waals surface area contributed by atoms with E-state index in [1.54, 1.807) is 7.11 Å². The van der Waals surface area contributed by atoms with Crippen molar-refractivity contribution in [3.63, 3.8) is 0 Å². The van der Waals surface area contributed by atoms with Gasteiger partial charge in [-0.05, 0) is 80.6 Å². The number of rotatable bonds is 4. The van der Waals surface area contributed by atoms with Crippen molar-refractivity contribution in [1.82, 2.24) is 0 Å². The van der Waals surface area contributed by atoms with Crippen LogP contribution in [-0.4, -0.2) is 18.6 Å². The molecular formula is C20H24Cl2O2. The highest BCUT2D eigenvalue weighted by molar-refractivity contribution is 6.32. The lowest BCUT2D eigenvalue weighted by Crippen LogP contribution is -2.48. The van der Waals surface area contributed by atoms with Crippen LogP contribution >= 0.6 is 23.2 Å². The molecule has 4 heteroatoms. The fourth-order valence-electron chi connectivity index (χ4n) is 5.38. The molecule has 0 aliphatic heterocycles. The van der Waals surface area contributed by atoms with E-state index in [2.05, 4.69) is 0 Å². The molecule has 0 spiro atoms. The summed E-state index contributed by atoms with van der Waals surface area (Å²) in [6, 6.07) is 5.96. The van der Waals surface area contributed by atoms with Crippen molar-refractivity contribution < 1.29 is 9.47 Å². The molecule has 24 heavy (non-hydrogen) atoms. The van der Waals surface area contributed by atoms with E-state index in [0.29, 0.717) is 23.5 Å². The van der Waals surface area contributed by atoms with Crippen LogP contribution in [0.15, 0.2) is 23.8 Å². The number of hydrogen-bond acceptors (Lipinski definition) is 2. The van der Waals surface area contributed by atoms with E-state index in [0.717, 1.165) is 35.8 Å². The molecule has 0 amide bonds. The van der Waals surface area contributed by atoms with E-state index in [-0.39, 0.29) is 4.87 Å². The quantitative estimate of drug-likeness (QED) is 0.486. The summed E-state index contributed by atoms with van der Waals surface area (Å²) in [6.45, 7) is 2.57. The zero-order valence-electron chi connectivity index (χ0n) is 14.3. The molecular weight excluding hydrogens is 343 g/mol. The van der Waals surface area contributed by atoms with E-state index >= 15 is 0 Å². The van der Waals surface area contributed by atoms with Crippen molar-refractivity contribution in [1.29, 1.82) is 0 Å². The summed E-state index contributed by atoms with van der Waals surface area (Å²) in [5.74, 6) is 3.67. The van der Waals surface area contributed by atoms with Crippen LogP contribution in [0.4, 0.5) is 0 Å². The first-order chi connectivity index (χ1) is 11.5. The summed E-state index contributed by atoms with van der Waals surface area (Å²) in [4.78, 5) is 0.0370. The van der Waals surface area contributed by atoms with E-state index in [9.17, 15) is 0 Å². The van der Waals surface area contributed by atoms with Gasteiger partial charge in [-0.2, -0.15) is 0 Å². The maximum absolute atomic E-state index is 6.88. The van der Waals surface area contributed by atoms with Crippen LogP contribution in [0.3, 0.4) is 0 Å². The second kappa shape index (κ2) is 6.14. The van der Waals surface area contributed by atoms with Crippen molar-refractivity contribution in [2.24, 2.45) is 17.8 Å². The Labute approximate surface area is 154 Å². The van der Waals surface area contributed by atoms with Gasteiger partial charge >= 0.3 is 0 Å². The molecule has 2 unspecified atom stereocenters. The molecule has 4 aliphatic carbocycles. The zero-order valence-corrected chi connectivity index (χ0v) is 15.8. The van der Waals surface area contributed by atoms with Crippen LogP contribution in [0.1, 0.15) is 44.6 Å². The fraction of sp³-hybridized carbons (Fsp3) is 0.600. The van der Waals surface area contributed by atoms with E-state index in [1.165, 1.54) is 24.8 Å². The lowest BCUT2D eigenvalue weighted by atomic mass is 9.53. The number of methoxy groups -OCH3 is 1. The summed E-state index contributed by atoms with van der Waals surface area (Å²) in [5.41, 5.74) is 2.55. The summed E-state index contributed by atoms with van der Waals surface area (Å²) >= 11 is 13.1. The molecule has 0 radical (unpaired) electrons. The van der Waals surface area contributed by atoms with Gasteiger partial charge in [-0.1, -0.05) is 11.6 Å². The number of allylic oxidation sites excluding steroid dienone is 1. The molecule has 0 saturated heterocycles. The van der Waals surface area contributed by atoms with Gasteiger partial charge in [-0.25, -0.2) is 0 Å². The van der Waals surface area contributed by atoms with Crippen LogP contribution in [-0.2, 0) is 4.74 Å². The van der Waals surface area contributed by atoms with E-state index < -0.39 is 0 Å². The minimum absolute atomic E-state index is 0.0370. The molecule has 4 aliphatic rings. The summed E-state index contributed by atoms with van der Waals surface area (Å²) in [5, 5.41) is 0.644. The Morgan fingerprint density at radius 1 is 1.21 bits per heavy atom. The first kappa shape index (κ1) is 16.6. The SMILES string of the molecule is CCOc1cc(C(OC)=C2C3CC4CC2CC(Cl)(C4)C3)ccc1Cl. The molecule has 2 nitrogen and oxygen atoms in total. The third-order valence-corrected chi connectivity index (χ3v) is 6.73. The maximum atomic E-state index is 6.88. The van der Waals surface area contributed by atoms with Gasteiger partial charge in [-0.3, -0.25) is 0 Å². The number of benzene rings is 1. The number of hydrogen-bond donors (Lipinski definition) is 0. The topological polar surface area (TPSA) is 18.5 Å². The van der Waals surface area contributed by atoms with Crippen molar-refractivity contribution in [3.8, 4) is 5.75 Å². The standard InChI is InChI=1S/C20H24Cl2O2/c1-3-24-17-8-13(4-5-16(17)21)19(23-2)18-14-6-12-7-15(18)11-20(22,9-12)10-14/h4-5,8,12,14-15H,3,6-7,9-11H2,1-2H3. The Balaban J connectivity index is 1.76. The van der Waals surface area contributed by atoms with Crippen molar-refractivity contribution in [3.05, 3.63) is 34.4 Å². The third kappa shape index (κ3) is 2.72. The van der Waals surface area contributed by atoms with Gasteiger partial charge in [0.1, 0.15) is 11.5 Å². The molecule has 1 aromatic rings. The lowest BCUT2D eigenvalue weighted by molar-refractivity contribution is 0.0843. The van der Waals surface area contributed by atoms with Crippen molar-refractivity contribution >= 4 is 29.0 Å². The summed E-state index contributed by atoms with van der Waals surface area (Å²) < 4.78 is 11.6. The fourth-order valence-corrected chi connectivity index (χ4v) is 6.14. The average molecular weight is 367 g/mol. The molecule has 0 aromatic heterocycles. The monoisotopic (exact) mass is 366 g/mol. The molecule has 4 fully saturated rings. The van der Waals surface area contributed by atoms with E-state index in [1.807, 2.05) is 25.1 Å². The molecule has 2 atom stereocenters. The normalized spacial score (nSPS) is 33.7. The minimum atomic E-state index is 0.0370. The Morgan fingerprint density at radius 3 is 2.50 bits per heavy atom. The molecule has 0 heterocycles. The predicted octanol–water partition coefficient (Wildman–Crippen LogP) is 5.91. The third-order valence-electron chi connectivity index (χ3n) is 5.95. The summed E-state index contributed by atoms with van der Waals surface area (Å²) in [6.07, 6.45) is 5.91. The van der Waals surface area contributed by atoms with Gasteiger partial charge in [0.25, 0.3) is 0 Å². The van der Waals surface area contributed by atoms with Crippen LogP contribution in [0.25, 0.3) is 5.76 Å². The molecule has 4 bridgehead atoms. The molecule has 4 saturated carbocycles.